The summed E-state index contributed by atoms with van der Waals surface area (Å²) in [5.74, 6) is 2.53. The number of thioether (sulfide) groups is 2. The lowest BCUT2D eigenvalue weighted by Gasteiger charge is -2.33. The first-order valence-electron chi connectivity index (χ1n) is 6.53. The van der Waals surface area contributed by atoms with E-state index >= 15 is 0 Å². The van der Waals surface area contributed by atoms with E-state index in [-0.39, 0.29) is 6.04 Å². The zero-order chi connectivity index (χ0) is 13.1. The van der Waals surface area contributed by atoms with Gasteiger partial charge in [0, 0.05) is 39.3 Å². The molecule has 1 aliphatic rings. The van der Waals surface area contributed by atoms with Gasteiger partial charge in [-0.05, 0) is 20.3 Å². The van der Waals surface area contributed by atoms with Gasteiger partial charge >= 0.3 is 0 Å². The van der Waals surface area contributed by atoms with E-state index in [1.165, 1.54) is 33.5 Å². The van der Waals surface area contributed by atoms with Crippen LogP contribution in [0.2, 0.25) is 0 Å². The summed E-state index contributed by atoms with van der Waals surface area (Å²) < 4.78 is 0. The SMILES string of the molecule is CCC1SCCSC1C(N)Cc1nc(C)c(C)s1. The first-order chi connectivity index (χ1) is 8.61. The highest BCUT2D eigenvalue weighted by Crippen LogP contribution is 2.35. The maximum Gasteiger partial charge on any atom is 0.0946 e. The predicted molar refractivity (Wildman–Crippen MR) is 86.1 cm³/mol. The van der Waals surface area contributed by atoms with Crippen molar-refractivity contribution in [1.29, 1.82) is 0 Å². The quantitative estimate of drug-likeness (QED) is 0.926. The van der Waals surface area contributed by atoms with Gasteiger partial charge in [-0.2, -0.15) is 23.5 Å². The van der Waals surface area contributed by atoms with Crippen LogP contribution in [0.5, 0.6) is 0 Å². The number of aromatic nitrogens is 1. The minimum atomic E-state index is 0.248. The second-order valence-corrected chi connectivity index (χ2v) is 8.69. The molecule has 1 aromatic rings. The van der Waals surface area contributed by atoms with Crippen molar-refractivity contribution in [1.82, 2.24) is 4.98 Å². The number of nitrogens with two attached hydrogens (primary N) is 1. The molecule has 0 aliphatic carbocycles. The van der Waals surface area contributed by atoms with Gasteiger partial charge in [-0.15, -0.1) is 11.3 Å². The molecule has 3 unspecified atom stereocenters. The van der Waals surface area contributed by atoms with Crippen molar-refractivity contribution in [2.45, 2.75) is 50.2 Å². The van der Waals surface area contributed by atoms with E-state index in [1.807, 2.05) is 11.3 Å². The number of hydrogen-bond donors (Lipinski definition) is 1. The number of thiazole rings is 1. The molecular weight excluding hydrogens is 280 g/mol. The van der Waals surface area contributed by atoms with Crippen molar-refractivity contribution >= 4 is 34.9 Å². The van der Waals surface area contributed by atoms with Crippen molar-refractivity contribution in [3.05, 3.63) is 15.6 Å². The third-order valence-corrected chi connectivity index (χ3v) is 7.92. The smallest absolute Gasteiger partial charge is 0.0946 e. The van der Waals surface area contributed by atoms with Crippen LogP contribution in [0.1, 0.15) is 28.9 Å². The standard InChI is InChI=1S/C13H22N2S3/c1-4-11-13(17-6-5-16-11)10(14)7-12-15-8(2)9(3)18-12/h10-11,13H,4-7,14H2,1-3H3. The Hall–Kier alpha value is 0.290. The maximum absolute atomic E-state index is 6.44. The molecule has 5 heteroatoms. The van der Waals surface area contributed by atoms with E-state index in [0.29, 0.717) is 5.25 Å². The van der Waals surface area contributed by atoms with Crippen LogP contribution in [0.15, 0.2) is 0 Å². The number of rotatable bonds is 4. The van der Waals surface area contributed by atoms with Crippen molar-refractivity contribution in [2.24, 2.45) is 5.73 Å². The summed E-state index contributed by atoms with van der Waals surface area (Å²) in [7, 11) is 0. The summed E-state index contributed by atoms with van der Waals surface area (Å²) in [6.07, 6.45) is 2.17. The molecule has 0 radical (unpaired) electrons. The average Bonchev–Trinajstić information content (AvgIpc) is 2.68. The van der Waals surface area contributed by atoms with E-state index in [2.05, 4.69) is 49.3 Å². The molecule has 1 aliphatic heterocycles. The van der Waals surface area contributed by atoms with Crippen molar-refractivity contribution in [3.63, 3.8) is 0 Å². The van der Waals surface area contributed by atoms with Gasteiger partial charge in [0.2, 0.25) is 0 Å². The first-order valence-corrected chi connectivity index (χ1v) is 9.45. The van der Waals surface area contributed by atoms with Gasteiger partial charge < -0.3 is 5.73 Å². The Bertz CT molecular complexity index is 372. The third-order valence-electron chi connectivity index (χ3n) is 3.40. The first kappa shape index (κ1) is 14.7. The molecule has 1 aromatic heterocycles. The molecule has 1 fully saturated rings. The maximum atomic E-state index is 6.44. The fraction of sp³-hybridized carbons (Fsp3) is 0.769. The minimum absolute atomic E-state index is 0.248. The molecule has 0 aromatic carbocycles. The Kier molecular flexibility index (Phi) is 5.42. The Morgan fingerprint density at radius 3 is 2.67 bits per heavy atom. The molecule has 0 bridgehead atoms. The van der Waals surface area contributed by atoms with Crippen LogP contribution in [0, 0.1) is 13.8 Å². The zero-order valence-electron chi connectivity index (χ0n) is 11.3. The molecular formula is C13H22N2S3. The van der Waals surface area contributed by atoms with Gasteiger partial charge in [0.05, 0.1) is 10.7 Å². The van der Waals surface area contributed by atoms with Gasteiger partial charge in [0.25, 0.3) is 0 Å². The van der Waals surface area contributed by atoms with Gasteiger partial charge in [-0.25, -0.2) is 4.98 Å². The van der Waals surface area contributed by atoms with Gasteiger partial charge in [-0.3, -0.25) is 0 Å². The number of aryl methyl sites for hydroxylation is 2. The summed E-state index contributed by atoms with van der Waals surface area (Å²) in [4.78, 5) is 5.95. The van der Waals surface area contributed by atoms with Gasteiger partial charge in [0.15, 0.2) is 0 Å². The Balaban J connectivity index is 1.99. The van der Waals surface area contributed by atoms with Crippen LogP contribution in [0.4, 0.5) is 0 Å². The van der Waals surface area contributed by atoms with E-state index in [1.54, 1.807) is 0 Å². The van der Waals surface area contributed by atoms with Crippen LogP contribution in [0.25, 0.3) is 0 Å². The number of hydrogen-bond acceptors (Lipinski definition) is 5. The Morgan fingerprint density at radius 1 is 1.33 bits per heavy atom. The second kappa shape index (κ2) is 6.64. The number of nitrogens with zero attached hydrogens (tertiary/aromatic N) is 1. The molecule has 2 heterocycles. The highest BCUT2D eigenvalue weighted by Gasteiger charge is 2.30. The van der Waals surface area contributed by atoms with Crippen molar-refractivity contribution in [3.8, 4) is 0 Å². The lowest BCUT2D eigenvalue weighted by molar-refractivity contribution is 0.596. The fourth-order valence-electron chi connectivity index (χ4n) is 2.28. The van der Waals surface area contributed by atoms with E-state index < -0.39 is 0 Å². The average molecular weight is 303 g/mol. The predicted octanol–water partition coefficient (Wildman–Crippen LogP) is 3.26. The Labute approximate surface area is 123 Å². The molecule has 0 saturated carbocycles. The zero-order valence-corrected chi connectivity index (χ0v) is 13.8. The summed E-state index contributed by atoms with van der Waals surface area (Å²) in [5, 5.41) is 2.53. The normalized spacial score (nSPS) is 26.2. The molecule has 2 N–H and O–H groups in total. The minimum Gasteiger partial charge on any atom is -0.326 e. The molecule has 102 valence electrons. The van der Waals surface area contributed by atoms with Gasteiger partial charge in [-0.1, -0.05) is 6.92 Å². The summed E-state index contributed by atoms with van der Waals surface area (Å²) in [6, 6.07) is 0.248. The van der Waals surface area contributed by atoms with Crippen LogP contribution < -0.4 is 5.73 Å². The Morgan fingerprint density at radius 2 is 2.06 bits per heavy atom. The summed E-state index contributed by atoms with van der Waals surface area (Å²) in [6.45, 7) is 6.50. The highest BCUT2D eigenvalue weighted by molar-refractivity contribution is 8.07. The second-order valence-electron chi connectivity index (χ2n) is 4.77. The lowest BCUT2D eigenvalue weighted by atomic mass is 10.1. The van der Waals surface area contributed by atoms with E-state index in [0.717, 1.165) is 11.7 Å². The molecule has 0 amide bonds. The van der Waals surface area contributed by atoms with E-state index in [4.69, 9.17) is 5.73 Å². The summed E-state index contributed by atoms with van der Waals surface area (Å²) >= 11 is 5.97. The summed E-state index contributed by atoms with van der Waals surface area (Å²) in [5.41, 5.74) is 7.60. The molecule has 3 atom stereocenters. The van der Waals surface area contributed by atoms with E-state index in [9.17, 15) is 0 Å². The van der Waals surface area contributed by atoms with Crippen molar-refractivity contribution < 1.29 is 0 Å². The molecule has 1 saturated heterocycles. The van der Waals surface area contributed by atoms with Crippen LogP contribution in [-0.2, 0) is 6.42 Å². The third kappa shape index (κ3) is 3.44. The van der Waals surface area contributed by atoms with Gasteiger partial charge in [0.1, 0.15) is 0 Å². The molecule has 2 nitrogen and oxygen atoms in total. The fourth-order valence-corrected chi connectivity index (χ4v) is 6.48. The largest absolute Gasteiger partial charge is 0.326 e. The van der Waals surface area contributed by atoms with Crippen molar-refractivity contribution in [2.75, 3.05) is 11.5 Å². The molecule has 2 rings (SSSR count). The van der Waals surface area contributed by atoms with Crippen LogP contribution in [-0.4, -0.2) is 33.0 Å². The molecule has 18 heavy (non-hydrogen) atoms. The van der Waals surface area contributed by atoms with Crippen LogP contribution >= 0.6 is 34.9 Å². The topological polar surface area (TPSA) is 38.9 Å². The molecule has 0 spiro atoms. The van der Waals surface area contributed by atoms with Crippen LogP contribution in [0.3, 0.4) is 0 Å². The monoisotopic (exact) mass is 302 g/mol. The lowest BCUT2D eigenvalue weighted by Crippen LogP contribution is -2.43. The highest BCUT2D eigenvalue weighted by atomic mass is 32.2.